The van der Waals surface area contributed by atoms with Crippen molar-refractivity contribution in [1.29, 1.82) is 0 Å². The first-order chi connectivity index (χ1) is 10.6. The Kier molecular flexibility index (Phi) is 5.53. The average Bonchev–Trinajstić information content (AvgIpc) is 2.55. The van der Waals surface area contributed by atoms with Crippen molar-refractivity contribution >= 4 is 5.91 Å². The lowest BCUT2D eigenvalue weighted by atomic mass is 10.0. The summed E-state index contributed by atoms with van der Waals surface area (Å²) in [6.45, 7) is 2.02. The van der Waals surface area contributed by atoms with E-state index in [1.165, 1.54) is 12.1 Å². The molecule has 0 aromatic heterocycles. The Hall–Kier alpha value is -2.36. The number of carbonyl (C=O) groups is 1. The number of benzene rings is 2. The molecule has 0 spiro atoms. The number of nitrogens with one attached hydrogen (secondary N) is 1. The number of halogens is 1. The summed E-state index contributed by atoms with van der Waals surface area (Å²) in [4.78, 5) is 12.1. The second-order valence-electron chi connectivity index (χ2n) is 5.10. The first kappa shape index (κ1) is 16.0. The zero-order chi connectivity index (χ0) is 15.9. The lowest BCUT2D eigenvalue weighted by Crippen LogP contribution is -2.29. The summed E-state index contributed by atoms with van der Waals surface area (Å²) in [5.41, 5.74) is 1.83. The van der Waals surface area contributed by atoms with Gasteiger partial charge in [0, 0.05) is 0 Å². The van der Waals surface area contributed by atoms with E-state index in [9.17, 15) is 9.18 Å². The van der Waals surface area contributed by atoms with Gasteiger partial charge in [0.1, 0.15) is 11.6 Å². The molecule has 0 aliphatic rings. The van der Waals surface area contributed by atoms with Gasteiger partial charge in [0.25, 0.3) is 0 Å². The third-order valence-corrected chi connectivity index (χ3v) is 3.54. The monoisotopic (exact) mass is 301 g/mol. The highest BCUT2D eigenvalue weighted by Crippen LogP contribution is 2.20. The first-order valence-corrected chi connectivity index (χ1v) is 7.30. The Bertz CT molecular complexity index is 608. The molecule has 0 heterocycles. The molecule has 0 aliphatic carbocycles. The van der Waals surface area contributed by atoms with Gasteiger partial charge in [-0.2, -0.15) is 0 Å². The number of carbonyl (C=O) groups excluding carboxylic acids is 1. The molecule has 1 amide bonds. The Morgan fingerprint density at radius 3 is 2.32 bits per heavy atom. The van der Waals surface area contributed by atoms with Crippen LogP contribution < -0.4 is 10.1 Å². The fourth-order valence-electron chi connectivity index (χ4n) is 2.29. The predicted molar refractivity (Wildman–Crippen MR) is 84.3 cm³/mol. The summed E-state index contributed by atoms with van der Waals surface area (Å²) >= 11 is 0. The number of amides is 1. The van der Waals surface area contributed by atoms with Crippen LogP contribution >= 0.6 is 0 Å². The fraction of sp³-hybridized carbons (Fsp3) is 0.278. The summed E-state index contributed by atoms with van der Waals surface area (Å²) < 4.78 is 18.0. The molecule has 0 saturated carbocycles. The summed E-state index contributed by atoms with van der Waals surface area (Å²) in [6.07, 6.45) is 1.04. The topological polar surface area (TPSA) is 38.3 Å². The first-order valence-electron chi connectivity index (χ1n) is 7.30. The van der Waals surface area contributed by atoms with Gasteiger partial charge in [-0.25, -0.2) is 4.39 Å². The van der Waals surface area contributed by atoms with Crippen LogP contribution in [0, 0.1) is 5.82 Å². The van der Waals surface area contributed by atoms with Gasteiger partial charge in [0.2, 0.25) is 5.91 Å². The second-order valence-corrected chi connectivity index (χ2v) is 5.10. The Morgan fingerprint density at radius 2 is 1.77 bits per heavy atom. The van der Waals surface area contributed by atoms with E-state index < -0.39 is 0 Å². The highest BCUT2D eigenvalue weighted by atomic mass is 19.1. The predicted octanol–water partition coefficient (Wildman–Crippen LogP) is 3.64. The summed E-state index contributed by atoms with van der Waals surface area (Å²) in [5, 5.41) is 3.01. The van der Waals surface area contributed by atoms with Crippen molar-refractivity contribution in [3.05, 3.63) is 65.5 Å². The molecule has 1 unspecified atom stereocenters. The van der Waals surface area contributed by atoms with Crippen molar-refractivity contribution in [1.82, 2.24) is 5.32 Å². The Labute approximate surface area is 130 Å². The van der Waals surface area contributed by atoms with Crippen LogP contribution in [0.1, 0.15) is 30.5 Å². The van der Waals surface area contributed by atoms with Crippen LogP contribution in [0.2, 0.25) is 0 Å². The molecule has 0 aliphatic heterocycles. The summed E-state index contributed by atoms with van der Waals surface area (Å²) in [5.74, 6) is 0.416. The van der Waals surface area contributed by atoms with E-state index in [1.807, 2.05) is 31.2 Å². The number of hydrogen-bond acceptors (Lipinski definition) is 2. The van der Waals surface area contributed by atoms with Crippen molar-refractivity contribution in [2.75, 3.05) is 7.11 Å². The van der Waals surface area contributed by atoms with Gasteiger partial charge >= 0.3 is 0 Å². The van der Waals surface area contributed by atoms with E-state index in [-0.39, 0.29) is 24.2 Å². The van der Waals surface area contributed by atoms with E-state index in [0.29, 0.717) is 0 Å². The van der Waals surface area contributed by atoms with E-state index in [4.69, 9.17) is 4.74 Å². The zero-order valence-corrected chi connectivity index (χ0v) is 12.8. The molecule has 22 heavy (non-hydrogen) atoms. The largest absolute Gasteiger partial charge is 0.497 e. The lowest BCUT2D eigenvalue weighted by molar-refractivity contribution is -0.121. The van der Waals surface area contributed by atoms with E-state index in [1.54, 1.807) is 19.2 Å². The summed E-state index contributed by atoms with van der Waals surface area (Å²) in [6, 6.07) is 13.6. The van der Waals surface area contributed by atoms with Gasteiger partial charge in [0.05, 0.1) is 19.6 Å². The number of methoxy groups -OCH3 is 1. The molecule has 1 atom stereocenters. The van der Waals surface area contributed by atoms with Crippen LogP contribution in [-0.2, 0) is 11.2 Å². The SMILES string of the molecule is CCC(NC(=O)Cc1ccc(F)cc1)c1ccc(OC)cc1. The molecule has 2 rings (SSSR count). The molecule has 2 aromatic rings. The molecule has 0 fully saturated rings. The number of ether oxygens (including phenoxy) is 1. The fourth-order valence-corrected chi connectivity index (χ4v) is 2.29. The van der Waals surface area contributed by atoms with E-state index in [0.717, 1.165) is 23.3 Å². The maximum absolute atomic E-state index is 12.9. The Morgan fingerprint density at radius 1 is 1.14 bits per heavy atom. The smallest absolute Gasteiger partial charge is 0.224 e. The molecule has 0 saturated heterocycles. The minimum atomic E-state index is -0.297. The maximum Gasteiger partial charge on any atom is 0.224 e. The number of rotatable bonds is 6. The Balaban J connectivity index is 1.99. The minimum absolute atomic E-state index is 0.0427. The molecule has 0 radical (unpaired) electrons. The van der Waals surface area contributed by atoms with Gasteiger partial charge in [0.15, 0.2) is 0 Å². The normalized spacial score (nSPS) is 11.8. The van der Waals surface area contributed by atoms with Gasteiger partial charge in [-0.3, -0.25) is 4.79 Å². The van der Waals surface area contributed by atoms with Crippen LogP contribution in [-0.4, -0.2) is 13.0 Å². The molecule has 116 valence electrons. The van der Waals surface area contributed by atoms with Crippen LogP contribution in [0.5, 0.6) is 5.75 Å². The zero-order valence-electron chi connectivity index (χ0n) is 12.8. The molecular formula is C18H20FNO2. The van der Waals surface area contributed by atoms with E-state index >= 15 is 0 Å². The van der Waals surface area contributed by atoms with Crippen LogP contribution in [0.3, 0.4) is 0 Å². The highest BCUT2D eigenvalue weighted by Gasteiger charge is 2.13. The van der Waals surface area contributed by atoms with Crippen LogP contribution in [0.4, 0.5) is 4.39 Å². The quantitative estimate of drug-likeness (QED) is 0.884. The summed E-state index contributed by atoms with van der Waals surface area (Å²) in [7, 11) is 1.62. The standard InChI is InChI=1S/C18H20FNO2/c1-3-17(14-6-10-16(22-2)11-7-14)20-18(21)12-13-4-8-15(19)9-5-13/h4-11,17H,3,12H2,1-2H3,(H,20,21). The highest BCUT2D eigenvalue weighted by molar-refractivity contribution is 5.79. The second kappa shape index (κ2) is 7.59. The van der Waals surface area contributed by atoms with Gasteiger partial charge in [-0.05, 0) is 41.8 Å². The molecule has 4 heteroatoms. The molecule has 3 nitrogen and oxygen atoms in total. The van der Waals surface area contributed by atoms with Crippen LogP contribution in [0.15, 0.2) is 48.5 Å². The maximum atomic E-state index is 12.9. The third-order valence-electron chi connectivity index (χ3n) is 3.54. The molecule has 2 aromatic carbocycles. The van der Waals surface area contributed by atoms with E-state index in [2.05, 4.69) is 5.32 Å². The van der Waals surface area contributed by atoms with Crippen molar-refractivity contribution in [2.45, 2.75) is 25.8 Å². The molecular weight excluding hydrogens is 281 g/mol. The van der Waals surface area contributed by atoms with Crippen molar-refractivity contribution < 1.29 is 13.9 Å². The molecule has 1 N–H and O–H groups in total. The average molecular weight is 301 g/mol. The van der Waals surface area contributed by atoms with Gasteiger partial charge < -0.3 is 10.1 Å². The third kappa shape index (κ3) is 4.32. The van der Waals surface area contributed by atoms with Gasteiger partial charge in [-0.15, -0.1) is 0 Å². The van der Waals surface area contributed by atoms with Crippen LogP contribution in [0.25, 0.3) is 0 Å². The molecule has 0 bridgehead atoms. The lowest BCUT2D eigenvalue weighted by Gasteiger charge is -2.18. The van der Waals surface area contributed by atoms with Gasteiger partial charge in [-0.1, -0.05) is 31.2 Å². The minimum Gasteiger partial charge on any atom is -0.497 e. The van der Waals surface area contributed by atoms with Crippen molar-refractivity contribution in [2.24, 2.45) is 0 Å². The van der Waals surface area contributed by atoms with Crippen molar-refractivity contribution in [3.8, 4) is 5.75 Å². The van der Waals surface area contributed by atoms with Crippen molar-refractivity contribution in [3.63, 3.8) is 0 Å². The number of hydrogen-bond donors (Lipinski definition) is 1.